The molecule has 7 heteroatoms. The molecule has 0 spiro atoms. The number of hydrogen-bond acceptors (Lipinski definition) is 5. The third-order valence-electron chi connectivity index (χ3n) is 4.09. The second-order valence-corrected chi connectivity index (χ2v) is 7.22. The second kappa shape index (κ2) is 12.4. The molecule has 2 aromatic carbocycles. The van der Waals surface area contributed by atoms with E-state index in [1.807, 2.05) is 6.92 Å². The summed E-state index contributed by atoms with van der Waals surface area (Å²) in [5.74, 6) is 0.876. The van der Waals surface area contributed by atoms with Crippen LogP contribution in [0.3, 0.4) is 0 Å². The molecule has 3 N–H and O–H groups in total. The van der Waals surface area contributed by atoms with Crippen molar-refractivity contribution >= 4 is 17.9 Å². The lowest BCUT2D eigenvalue weighted by molar-refractivity contribution is -0.117. The molecular formula is C24H30N2O5. The minimum atomic E-state index is -0.492. The summed E-state index contributed by atoms with van der Waals surface area (Å²) < 4.78 is 11.1. The molecule has 31 heavy (non-hydrogen) atoms. The molecule has 0 radical (unpaired) electrons. The van der Waals surface area contributed by atoms with Crippen LogP contribution in [0.1, 0.15) is 36.7 Å². The highest BCUT2D eigenvalue weighted by molar-refractivity contribution is 6.05. The van der Waals surface area contributed by atoms with E-state index in [2.05, 4.69) is 24.5 Å². The Kier molecular flexibility index (Phi) is 9.58. The van der Waals surface area contributed by atoms with Crippen molar-refractivity contribution in [1.29, 1.82) is 0 Å². The van der Waals surface area contributed by atoms with E-state index < -0.39 is 11.8 Å². The normalized spacial score (nSPS) is 11.2. The van der Waals surface area contributed by atoms with Gasteiger partial charge in [-0.25, -0.2) is 0 Å². The van der Waals surface area contributed by atoms with Gasteiger partial charge in [-0.2, -0.15) is 0 Å². The molecule has 0 unspecified atom stereocenters. The predicted molar refractivity (Wildman–Crippen MR) is 120 cm³/mol. The van der Waals surface area contributed by atoms with Gasteiger partial charge in [0.2, 0.25) is 0 Å². The van der Waals surface area contributed by atoms with Crippen LogP contribution in [0.25, 0.3) is 6.08 Å². The highest BCUT2D eigenvalue weighted by Crippen LogP contribution is 2.16. The number of amides is 2. The Hall–Kier alpha value is -3.32. The molecule has 2 amide bonds. The van der Waals surface area contributed by atoms with Crippen molar-refractivity contribution in [2.75, 3.05) is 26.4 Å². The highest BCUT2D eigenvalue weighted by Gasteiger charge is 2.14. The highest BCUT2D eigenvalue weighted by atomic mass is 16.5. The SMILES string of the molecule is CCOc1ccc(/C=C(/NC(=O)c2ccc(OCC(C)C)cc2)C(=O)NCCO)cc1. The topological polar surface area (TPSA) is 96.9 Å². The van der Waals surface area contributed by atoms with Crippen LogP contribution < -0.4 is 20.1 Å². The molecule has 0 fully saturated rings. The van der Waals surface area contributed by atoms with E-state index in [0.717, 1.165) is 11.3 Å². The first-order chi connectivity index (χ1) is 14.9. The van der Waals surface area contributed by atoms with Gasteiger partial charge in [0.25, 0.3) is 11.8 Å². The van der Waals surface area contributed by atoms with Crippen LogP contribution >= 0.6 is 0 Å². The van der Waals surface area contributed by atoms with Crippen molar-refractivity contribution in [2.24, 2.45) is 5.92 Å². The predicted octanol–water partition coefficient (Wildman–Crippen LogP) is 3.00. The third-order valence-corrected chi connectivity index (χ3v) is 4.09. The van der Waals surface area contributed by atoms with E-state index in [4.69, 9.17) is 14.6 Å². The lowest BCUT2D eigenvalue weighted by atomic mass is 10.1. The fraction of sp³-hybridized carbons (Fsp3) is 0.333. The molecule has 0 aromatic heterocycles. The summed E-state index contributed by atoms with van der Waals surface area (Å²) in [5, 5.41) is 14.2. The molecule has 0 saturated heterocycles. The molecule has 2 rings (SSSR count). The summed E-state index contributed by atoms with van der Waals surface area (Å²) in [5.41, 5.74) is 1.18. The fourth-order valence-electron chi connectivity index (χ4n) is 2.58. The van der Waals surface area contributed by atoms with Crippen LogP contribution in [0.2, 0.25) is 0 Å². The van der Waals surface area contributed by atoms with Crippen molar-refractivity contribution in [2.45, 2.75) is 20.8 Å². The average molecular weight is 427 g/mol. The Morgan fingerprint density at radius 1 is 1.00 bits per heavy atom. The fourth-order valence-corrected chi connectivity index (χ4v) is 2.58. The van der Waals surface area contributed by atoms with Crippen LogP contribution in [0.4, 0.5) is 0 Å². The minimum absolute atomic E-state index is 0.0720. The first kappa shape index (κ1) is 24.0. The Balaban J connectivity index is 2.16. The van der Waals surface area contributed by atoms with Crippen LogP contribution in [0, 0.1) is 5.92 Å². The Morgan fingerprint density at radius 3 is 2.19 bits per heavy atom. The minimum Gasteiger partial charge on any atom is -0.494 e. The standard InChI is InChI=1S/C24H30N2O5/c1-4-30-20-9-5-18(6-10-20)15-22(24(29)25-13-14-27)26-23(28)19-7-11-21(12-8-19)31-16-17(2)3/h5-12,15,17,27H,4,13-14,16H2,1-3H3,(H,25,29)(H,26,28)/b22-15+. The average Bonchev–Trinajstić information content (AvgIpc) is 2.77. The van der Waals surface area contributed by atoms with Crippen molar-refractivity contribution in [3.05, 3.63) is 65.4 Å². The van der Waals surface area contributed by atoms with Gasteiger partial charge in [0.05, 0.1) is 19.8 Å². The number of hydrogen-bond donors (Lipinski definition) is 3. The van der Waals surface area contributed by atoms with Crippen LogP contribution in [0.15, 0.2) is 54.2 Å². The van der Waals surface area contributed by atoms with E-state index in [0.29, 0.717) is 30.4 Å². The van der Waals surface area contributed by atoms with E-state index in [9.17, 15) is 9.59 Å². The zero-order valence-corrected chi connectivity index (χ0v) is 18.2. The zero-order chi connectivity index (χ0) is 22.6. The summed E-state index contributed by atoms with van der Waals surface area (Å²) in [6.45, 7) is 7.04. The van der Waals surface area contributed by atoms with Crippen molar-refractivity contribution in [3.8, 4) is 11.5 Å². The quantitative estimate of drug-likeness (QED) is 0.480. The molecule has 2 aromatic rings. The number of ether oxygens (including phenoxy) is 2. The van der Waals surface area contributed by atoms with Crippen molar-refractivity contribution in [1.82, 2.24) is 10.6 Å². The van der Waals surface area contributed by atoms with Gasteiger partial charge in [-0.3, -0.25) is 9.59 Å². The maximum atomic E-state index is 12.7. The number of benzene rings is 2. The Morgan fingerprint density at radius 2 is 1.61 bits per heavy atom. The number of carbonyl (C=O) groups is 2. The van der Waals surface area contributed by atoms with Gasteiger partial charge < -0.3 is 25.2 Å². The summed E-state index contributed by atoms with van der Waals surface area (Å²) in [6, 6.07) is 13.9. The molecule has 0 aliphatic heterocycles. The summed E-state index contributed by atoms with van der Waals surface area (Å²) in [6.07, 6.45) is 1.57. The first-order valence-electron chi connectivity index (χ1n) is 10.3. The maximum absolute atomic E-state index is 12.7. The van der Waals surface area contributed by atoms with Gasteiger partial charge in [-0.05, 0) is 60.9 Å². The lowest BCUT2D eigenvalue weighted by Gasteiger charge is -2.12. The smallest absolute Gasteiger partial charge is 0.267 e. The van der Waals surface area contributed by atoms with Gasteiger partial charge >= 0.3 is 0 Å². The molecule has 166 valence electrons. The monoisotopic (exact) mass is 426 g/mol. The molecule has 0 aliphatic carbocycles. The van der Waals surface area contributed by atoms with Gasteiger partial charge in [0, 0.05) is 12.1 Å². The maximum Gasteiger partial charge on any atom is 0.267 e. The molecule has 0 heterocycles. The van der Waals surface area contributed by atoms with Crippen LogP contribution in [-0.4, -0.2) is 43.3 Å². The Labute approximate surface area is 183 Å². The van der Waals surface area contributed by atoms with Crippen LogP contribution in [-0.2, 0) is 4.79 Å². The molecule has 7 nitrogen and oxygen atoms in total. The van der Waals surface area contributed by atoms with E-state index in [-0.39, 0.29) is 18.8 Å². The van der Waals surface area contributed by atoms with E-state index in [1.165, 1.54) is 0 Å². The molecular weight excluding hydrogens is 396 g/mol. The molecule has 0 atom stereocenters. The lowest BCUT2D eigenvalue weighted by Crippen LogP contribution is -2.36. The van der Waals surface area contributed by atoms with Crippen LogP contribution in [0.5, 0.6) is 11.5 Å². The third kappa shape index (κ3) is 8.14. The molecule has 0 aliphatic rings. The number of rotatable bonds is 11. The number of aliphatic hydroxyl groups is 1. The zero-order valence-electron chi connectivity index (χ0n) is 18.2. The second-order valence-electron chi connectivity index (χ2n) is 7.22. The van der Waals surface area contributed by atoms with E-state index in [1.54, 1.807) is 54.6 Å². The van der Waals surface area contributed by atoms with Crippen molar-refractivity contribution in [3.63, 3.8) is 0 Å². The Bertz CT molecular complexity index is 874. The largest absolute Gasteiger partial charge is 0.494 e. The summed E-state index contributed by atoms with van der Waals surface area (Å²) in [4.78, 5) is 25.2. The summed E-state index contributed by atoms with van der Waals surface area (Å²) in [7, 11) is 0. The molecule has 0 saturated carbocycles. The van der Waals surface area contributed by atoms with Crippen molar-refractivity contribution < 1.29 is 24.2 Å². The van der Waals surface area contributed by atoms with E-state index >= 15 is 0 Å². The molecule has 0 bridgehead atoms. The number of nitrogens with one attached hydrogen (secondary N) is 2. The van der Waals surface area contributed by atoms with Gasteiger partial charge in [-0.15, -0.1) is 0 Å². The van der Waals surface area contributed by atoms with Gasteiger partial charge in [-0.1, -0.05) is 26.0 Å². The number of carbonyl (C=O) groups excluding carboxylic acids is 2. The van der Waals surface area contributed by atoms with Gasteiger partial charge in [0.15, 0.2) is 0 Å². The first-order valence-corrected chi connectivity index (χ1v) is 10.3. The summed E-state index contributed by atoms with van der Waals surface area (Å²) >= 11 is 0. The van der Waals surface area contributed by atoms with Gasteiger partial charge in [0.1, 0.15) is 17.2 Å². The number of aliphatic hydroxyl groups excluding tert-OH is 1.